The molecule has 2 fully saturated rings. The van der Waals surface area contributed by atoms with E-state index in [0.29, 0.717) is 12.2 Å². The van der Waals surface area contributed by atoms with Crippen molar-refractivity contribution in [1.29, 1.82) is 0 Å². The van der Waals surface area contributed by atoms with Crippen LogP contribution in [0.25, 0.3) is 0 Å². The van der Waals surface area contributed by atoms with E-state index in [9.17, 15) is 9.18 Å². The first kappa shape index (κ1) is 10.5. The second kappa shape index (κ2) is 4.00. The molecule has 3 rings (SSSR count). The Morgan fingerprint density at radius 1 is 1.41 bits per heavy atom. The van der Waals surface area contributed by atoms with Crippen LogP contribution in [0.15, 0.2) is 24.3 Å². The number of hydrogen-bond donors (Lipinski definition) is 1. The Labute approximate surface area is 98.4 Å². The van der Waals surface area contributed by atoms with Gasteiger partial charge in [0.25, 0.3) is 0 Å². The summed E-state index contributed by atoms with van der Waals surface area (Å²) < 4.78 is 19.0. The Morgan fingerprint density at radius 2 is 2.24 bits per heavy atom. The second-order valence-corrected chi connectivity index (χ2v) is 4.30. The molecule has 0 spiro atoms. The van der Waals surface area contributed by atoms with Gasteiger partial charge in [0, 0.05) is 6.54 Å². The third-order valence-electron chi connectivity index (χ3n) is 3.28. The smallest absolute Gasteiger partial charge is 0.415 e. The number of benzene rings is 1. The second-order valence-electron chi connectivity index (χ2n) is 4.30. The molecular formula is C12H13FN2O2. The van der Waals surface area contributed by atoms with Crippen molar-refractivity contribution < 1.29 is 13.9 Å². The average molecular weight is 236 g/mol. The number of nitrogens with zero attached hydrogens (tertiary/aromatic N) is 1. The molecule has 1 aromatic rings. The molecule has 4 nitrogen and oxygen atoms in total. The van der Waals surface area contributed by atoms with E-state index in [-0.39, 0.29) is 12.1 Å². The number of ether oxygens (including phenoxy) is 1. The third kappa shape index (κ3) is 1.67. The summed E-state index contributed by atoms with van der Waals surface area (Å²) in [7, 11) is 0. The summed E-state index contributed by atoms with van der Waals surface area (Å²) in [5.74, 6) is -0.393. The highest BCUT2D eigenvalue weighted by molar-refractivity contribution is 5.91. The summed E-state index contributed by atoms with van der Waals surface area (Å²) >= 11 is 0. The van der Waals surface area contributed by atoms with Crippen molar-refractivity contribution in [2.75, 3.05) is 18.0 Å². The van der Waals surface area contributed by atoms with Crippen LogP contribution in [0.2, 0.25) is 0 Å². The van der Waals surface area contributed by atoms with Crippen LogP contribution in [-0.4, -0.2) is 31.3 Å². The van der Waals surface area contributed by atoms with Crippen molar-refractivity contribution >= 4 is 11.8 Å². The van der Waals surface area contributed by atoms with Gasteiger partial charge in [-0.3, -0.25) is 4.90 Å². The zero-order valence-electron chi connectivity index (χ0n) is 9.23. The van der Waals surface area contributed by atoms with Crippen molar-refractivity contribution in [3.63, 3.8) is 0 Å². The molecular weight excluding hydrogens is 223 g/mol. The lowest BCUT2D eigenvalue weighted by atomic mass is 10.0. The van der Waals surface area contributed by atoms with Gasteiger partial charge in [0.2, 0.25) is 0 Å². The molecule has 1 amide bonds. The molecule has 2 heterocycles. The molecule has 17 heavy (non-hydrogen) atoms. The van der Waals surface area contributed by atoms with Crippen LogP contribution in [-0.2, 0) is 4.74 Å². The van der Waals surface area contributed by atoms with Gasteiger partial charge in [-0.2, -0.15) is 0 Å². The lowest BCUT2D eigenvalue weighted by molar-refractivity contribution is 0.117. The number of piperidine rings is 1. The highest BCUT2D eigenvalue weighted by Gasteiger charge is 2.44. The number of nitrogens with one attached hydrogen (secondary N) is 1. The molecule has 2 atom stereocenters. The van der Waals surface area contributed by atoms with E-state index in [1.165, 1.54) is 11.0 Å². The van der Waals surface area contributed by atoms with Crippen LogP contribution in [0.1, 0.15) is 6.42 Å². The summed E-state index contributed by atoms with van der Waals surface area (Å²) in [6.07, 6.45) is 0.207. The monoisotopic (exact) mass is 236 g/mol. The lowest BCUT2D eigenvalue weighted by Crippen LogP contribution is -2.49. The average Bonchev–Trinajstić information content (AvgIpc) is 2.66. The van der Waals surface area contributed by atoms with Crippen molar-refractivity contribution in [2.45, 2.75) is 18.6 Å². The number of hydrogen-bond acceptors (Lipinski definition) is 3. The van der Waals surface area contributed by atoms with E-state index >= 15 is 0 Å². The maximum atomic E-state index is 13.7. The van der Waals surface area contributed by atoms with E-state index < -0.39 is 11.9 Å². The predicted molar refractivity (Wildman–Crippen MR) is 60.4 cm³/mol. The van der Waals surface area contributed by atoms with Crippen molar-refractivity contribution in [2.24, 2.45) is 0 Å². The van der Waals surface area contributed by atoms with Gasteiger partial charge < -0.3 is 10.1 Å². The van der Waals surface area contributed by atoms with Crippen LogP contribution >= 0.6 is 0 Å². The Morgan fingerprint density at radius 3 is 3.06 bits per heavy atom. The quantitative estimate of drug-likeness (QED) is 0.803. The molecule has 0 bridgehead atoms. The van der Waals surface area contributed by atoms with E-state index in [0.717, 1.165) is 13.0 Å². The van der Waals surface area contributed by atoms with E-state index in [2.05, 4.69) is 5.32 Å². The van der Waals surface area contributed by atoms with Crippen LogP contribution in [0.4, 0.5) is 14.9 Å². The summed E-state index contributed by atoms with van der Waals surface area (Å²) in [5.41, 5.74) is 0.300. The molecule has 0 aromatic heterocycles. The number of amides is 1. The first-order valence-corrected chi connectivity index (χ1v) is 5.72. The van der Waals surface area contributed by atoms with E-state index in [4.69, 9.17) is 4.74 Å². The highest BCUT2D eigenvalue weighted by atomic mass is 19.1. The van der Waals surface area contributed by atoms with Crippen molar-refractivity contribution in [3.8, 4) is 0 Å². The van der Waals surface area contributed by atoms with Crippen LogP contribution in [0, 0.1) is 5.82 Å². The normalized spacial score (nSPS) is 27.8. The minimum absolute atomic E-state index is 0.104. The molecule has 2 aliphatic heterocycles. The molecule has 90 valence electrons. The van der Waals surface area contributed by atoms with Gasteiger partial charge in [0.15, 0.2) is 0 Å². The molecule has 2 unspecified atom stereocenters. The fraction of sp³-hybridized carbons (Fsp3) is 0.417. The maximum Gasteiger partial charge on any atom is 0.415 e. The molecule has 0 aliphatic carbocycles. The molecule has 1 N–H and O–H groups in total. The van der Waals surface area contributed by atoms with Crippen molar-refractivity contribution in [1.82, 2.24) is 5.32 Å². The fourth-order valence-electron chi connectivity index (χ4n) is 2.46. The van der Waals surface area contributed by atoms with E-state index in [1.54, 1.807) is 18.2 Å². The fourth-order valence-corrected chi connectivity index (χ4v) is 2.46. The Balaban J connectivity index is 1.96. The van der Waals surface area contributed by atoms with Crippen molar-refractivity contribution in [3.05, 3.63) is 30.1 Å². The Kier molecular flexibility index (Phi) is 2.48. The minimum atomic E-state index is -0.450. The Hall–Kier alpha value is -1.62. The molecule has 2 aliphatic rings. The van der Waals surface area contributed by atoms with Gasteiger partial charge in [-0.15, -0.1) is 0 Å². The SMILES string of the molecule is O=C1OC2CCNCC2N1c1ccccc1F. The first-order chi connectivity index (χ1) is 8.27. The minimum Gasteiger partial charge on any atom is -0.444 e. The summed E-state index contributed by atoms with van der Waals surface area (Å²) in [5, 5.41) is 3.20. The van der Waals surface area contributed by atoms with Crippen LogP contribution in [0.5, 0.6) is 0 Å². The standard InChI is InChI=1S/C12H13FN2O2/c13-8-3-1-2-4-9(8)15-10-7-14-6-5-11(10)17-12(15)16/h1-4,10-11,14H,5-7H2. The summed E-state index contributed by atoms with van der Waals surface area (Å²) in [4.78, 5) is 13.2. The van der Waals surface area contributed by atoms with Gasteiger partial charge in [0.1, 0.15) is 11.9 Å². The van der Waals surface area contributed by atoms with Gasteiger partial charge in [-0.25, -0.2) is 9.18 Å². The summed E-state index contributed by atoms with van der Waals surface area (Å²) in [6, 6.07) is 6.18. The third-order valence-corrected chi connectivity index (χ3v) is 3.28. The number of carbonyl (C=O) groups is 1. The summed E-state index contributed by atoms with van der Waals surface area (Å²) in [6.45, 7) is 1.48. The molecule has 2 saturated heterocycles. The number of halogens is 1. The van der Waals surface area contributed by atoms with Gasteiger partial charge >= 0.3 is 6.09 Å². The molecule has 1 aromatic carbocycles. The van der Waals surface area contributed by atoms with Crippen LogP contribution in [0.3, 0.4) is 0 Å². The molecule has 0 radical (unpaired) electrons. The topological polar surface area (TPSA) is 41.6 Å². The predicted octanol–water partition coefficient (Wildman–Crippen LogP) is 1.51. The van der Waals surface area contributed by atoms with E-state index in [1.807, 2.05) is 0 Å². The molecule has 5 heteroatoms. The number of fused-ring (bicyclic) bond motifs is 1. The largest absolute Gasteiger partial charge is 0.444 e. The number of carbonyl (C=O) groups excluding carboxylic acids is 1. The first-order valence-electron chi connectivity index (χ1n) is 5.72. The van der Waals surface area contributed by atoms with Crippen LogP contribution < -0.4 is 10.2 Å². The maximum absolute atomic E-state index is 13.7. The lowest BCUT2D eigenvalue weighted by Gasteiger charge is -2.28. The number of para-hydroxylation sites is 1. The highest BCUT2D eigenvalue weighted by Crippen LogP contribution is 2.31. The number of rotatable bonds is 1. The number of anilines is 1. The zero-order valence-corrected chi connectivity index (χ0v) is 9.23. The van der Waals surface area contributed by atoms with Gasteiger partial charge in [0.05, 0.1) is 11.7 Å². The zero-order chi connectivity index (χ0) is 11.8. The molecule has 0 saturated carbocycles. The van der Waals surface area contributed by atoms with Gasteiger partial charge in [-0.1, -0.05) is 12.1 Å². The van der Waals surface area contributed by atoms with Gasteiger partial charge in [-0.05, 0) is 25.1 Å². The Bertz CT molecular complexity index is 452.